The number of carboxylic acid groups (broad SMARTS) is 3. The van der Waals surface area contributed by atoms with Crippen molar-refractivity contribution in [3.63, 3.8) is 0 Å². The molecular formula is C84H128N19O28P. The van der Waals surface area contributed by atoms with E-state index in [0.29, 0.717) is 48.7 Å². The van der Waals surface area contributed by atoms with Gasteiger partial charge in [-0.15, -0.1) is 0 Å². The molecular weight excluding hydrogens is 1750 g/mol. The van der Waals surface area contributed by atoms with Gasteiger partial charge < -0.3 is 136 Å². The molecule has 3 heterocycles. The van der Waals surface area contributed by atoms with Crippen molar-refractivity contribution in [2.75, 3.05) is 32.8 Å². The molecule has 47 nitrogen and oxygen atoms in total. The van der Waals surface area contributed by atoms with E-state index in [1.807, 2.05) is 0 Å². The molecule has 0 radical (unpaired) electrons. The summed E-state index contributed by atoms with van der Waals surface area (Å²) in [6.07, 6.45) is -3.98. The highest BCUT2D eigenvalue weighted by atomic mass is 31.2. The minimum atomic E-state index is -5.70. The van der Waals surface area contributed by atoms with Crippen molar-refractivity contribution in [1.29, 1.82) is 0 Å². The summed E-state index contributed by atoms with van der Waals surface area (Å²) >= 11 is 0. The van der Waals surface area contributed by atoms with E-state index in [1.165, 1.54) is 47.9 Å². The first kappa shape index (κ1) is 110. The normalized spacial score (nSPS) is 17.2. The first-order chi connectivity index (χ1) is 62.1. The van der Waals surface area contributed by atoms with Gasteiger partial charge in [0.15, 0.2) is 0 Å². The molecule has 0 bridgehead atoms. The smallest absolute Gasteiger partial charge is 0.469 e. The zero-order valence-corrected chi connectivity index (χ0v) is 76.0. The Morgan fingerprint density at radius 3 is 1.43 bits per heavy atom. The number of hydrogen-bond acceptors (Lipinski definition) is 25. The number of benzene rings is 2. The van der Waals surface area contributed by atoms with Crippen LogP contribution in [0.4, 0.5) is 0 Å². The molecule has 48 heteroatoms. The molecule has 2 aliphatic heterocycles. The van der Waals surface area contributed by atoms with Gasteiger partial charge in [0.05, 0.1) is 31.8 Å². The quantitative estimate of drug-likeness (QED) is 0.0186. The summed E-state index contributed by atoms with van der Waals surface area (Å²) in [7, 11) is -5.70. The van der Waals surface area contributed by atoms with Crippen molar-refractivity contribution in [2.24, 2.45) is 35.0 Å². The number of primary amides is 1. The maximum Gasteiger partial charge on any atom is 0.469 e. The highest BCUT2D eigenvalue weighted by Crippen LogP contribution is 2.38. The maximum atomic E-state index is 14.8. The summed E-state index contributed by atoms with van der Waals surface area (Å²) in [6.45, 7) is 11.9. The van der Waals surface area contributed by atoms with Crippen LogP contribution < -0.4 is 86.3 Å². The Bertz CT molecular complexity index is 4590. The number of aliphatic hydroxyl groups is 2. The van der Waals surface area contributed by atoms with Gasteiger partial charge in [-0.05, 0) is 139 Å². The lowest BCUT2D eigenvalue weighted by Crippen LogP contribution is -2.63. The molecule has 0 aliphatic carbocycles. The summed E-state index contributed by atoms with van der Waals surface area (Å²) in [6, 6.07) is -12.1. The largest absolute Gasteiger partial charge is 0.481 e. The predicted molar refractivity (Wildman–Crippen MR) is 469 cm³/mol. The number of nitrogens with two attached hydrogens (primary N) is 3. The topological polar surface area (TPSA) is 749 Å². The van der Waals surface area contributed by atoms with Crippen LogP contribution in [0.3, 0.4) is 0 Å². The van der Waals surface area contributed by atoms with Crippen LogP contribution in [0.1, 0.15) is 170 Å². The first-order valence-corrected chi connectivity index (χ1v) is 45.1. The molecule has 732 valence electrons. The average Bonchev–Trinajstić information content (AvgIpc) is 1.65. The molecule has 2 aromatic carbocycles. The number of aromatic amines is 1. The maximum absolute atomic E-state index is 14.8. The van der Waals surface area contributed by atoms with Crippen LogP contribution in [0.5, 0.6) is 0 Å². The number of phosphoric acid groups is 1. The minimum absolute atomic E-state index is 0.0130. The van der Waals surface area contributed by atoms with Crippen molar-refractivity contribution in [3.05, 3.63) is 71.9 Å². The highest BCUT2D eigenvalue weighted by molar-refractivity contribution is 7.46. The van der Waals surface area contributed by atoms with Gasteiger partial charge in [0.25, 0.3) is 0 Å². The standard InChI is InChI=1S/C84H128N19O28P/c1-42(2)33-55(96-80(122)63-24-17-31-102(63)83(125)64-25-18-32-103(64)82(124)45(7)86)73(115)89-46(8)69(111)99-61(40-104)78(120)92-53(26-28-65(87)106)71(113)91-54(27-29-66(107)108)72(114)101-68(47(9)131-132(128,129)130)81(123)97-57(36-48-19-11-10-12-20-48)75(117)100-62(41-105)79(121)95-59(38-67(109)110)77(119)93-56(34-43(3)4)74(116)94-58(37-49-39-88-51-22-14-13-21-50(49)51)76(118)90-52(23-15-16-30-85)70(112)98-60(84(126)127)35-44(5)6/h10-14,19-22,39,42-47,52-64,68,88,104-105H,15-18,23-38,40-41,85-86H2,1-9H3,(H2,87,106)(H,89,115)(H,90,118)(H,91,113)(H,92,120)(H,93,119)(H,94,116)(H,95,121)(H,96,122)(H,97,123)(H,98,112)(H,99,111)(H,100,117)(H,101,114)(H,107,108)(H,109,110)(H,126,127)(H2,128,129,130)/t45-,46-,47+,52-,53-,54-,55-,56-,57-,58-,59-,60-,61-,62-,63-,64-,68-/m0/s1. The SMILES string of the molecule is CC(C)C[C@H](NC(=O)[C@H](CCCCN)NC(=O)[C@H](Cc1c[nH]c2ccccc12)NC(=O)[C@H](CC(C)C)NC(=O)[C@H](CC(=O)O)NC(=O)[C@H](CO)NC(=O)[C@H](Cc1ccccc1)NC(=O)[C@@H](NC(=O)[C@H](CCC(=O)O)NC(=O)[C@H](CCC(N)=O)NC(=O)[C@H](CO)NC(=O)[C@H](C)NC(=O)[C@H](CC(C)C)NC(=O)[C@@H]1CCCN1C(=O)[C@@H]1CCCN1C(=O)[C@H](C)N)[C@@H](C)OP(=O)(O)O)C(=O)O. The molecule has 2 fully saturated rings. The lowest BCUT2D eigenvalue weighted by molar-refractivity contribution is -0.147. The number of amides is 16. The summed E-state index contributed by atoms with van der Waals surface area (Å²) in [5.74, 6) is -23.1. The Kier molecular flexibility index (Phi) is 44.6. The van der Waals surface area contributed by atoms with E-state index in [-0.39, 0.29) is 75.4 Å². The fraction of sp³-hybridized carbons (Fsp3) is 0.607. The van der Waals surface area contributed by atoms with E-state index < -0.39 is 281 Å². The molecule has 27 N–H and O–H groups in total. The zero-order valence-electron chi connectivity index (χ0n) is 75.2. The van der Waals surface area contributed by atoms with Gasteiger partial charge >= 0.3 is 25.7 Å². The minimum Gasteiger partial charge on any atom is -0.481 e. The number of hydrogen-bond donors (Lipinski definition) is 24. The third-order valence-corrected chi connectivity index (χ3v) is 22.2. The Morgan fingerprint density at radius 2 is 0.902 bits per heavy atom. The summed E-state index contributed by atoms with van der Waals surface area (Å²) < 4.78 is 17.3. The summed E-state index contributed by atoms with van der Waals surface area (Å²) in [5, 5.41) is 82.4. The average molecular weight is 1880 g/mol. The number of aromatic nitrogens is 1. The molecule has 5 rings (SSSR count). The number of aliphatic carboxylic acids is 3. The highest BCUT2D eigenvalue weighted by Gasteiger charge is 2.46. The van der Waals surface area contributed by atoms with Crippen LogP contribution in [0.25, 0.3) is 10.9 Å². The number of H-pyrrole nitrogens is 1. The number of unbranched alkanes of at least 4 members (excludes halogenated alkanes) is 1. The number of nitrogens with one attached hydrogen (secondary N) is 14. The van der Waals surface area contributed by atoms with Crippen LogP contribution in [0.2, 0.25) is 0 Å². The molecule has 16 amide bonds. The van der Waals surface area contributed by atoms with Crippen molar-refractivity contribution < 1.29 is 136 Å². The van der Waals surface area contributed by atoms with Gasteiger partial charge in [0.1, 0.15) is 90.6 Å². The molecule has 0 spiro atoms. The van der Waals surface area contributed by atoms with E-state index in [4.69, 9.17) is 21.7 Å². The van der Waals surface area contributed by atoms with E-state index >= 15 is 0 Å². The summed E-state index contributed by atoms with van der Waals surface area (Å²) in [4.78, 5) is 288. The van der Waals surface area contributed by atoms with Crippen LogP contribution in [-0.2, 0) is 113 Å². The Balaban J connectivity index is 1.37. The van der Waals surface area contributed by atoms with Crippen molar-refractivity contribution >= 4 is 131 Å². The monoisotopic (exact) mass is 1880 g/mol. The van der Waals surface area contributed by atoms with Gasteiger partial charge in [-0.2, -0.15) is 0 Å². The molecule has 0 saturated carbocycles. The predicted octanol–water partition coefficient (Wildman–Crippen LogP) is -4.96. The van der Waals surface area contributed by atoms with Gasteiger partial charge in [-0.25, -0.2) is 9.36 Å². The fourth-order valence-electron chi connectivity index (χ4n) is 14.9. The first-order valence-electron chi connectivity index (χ1n) is 43.6. The van der Waals surface area contributed by atoms with E-state index in [0.717, 1.165) is 6.92 Å². The van der Waals surface area contributed by atoms with Gasteiger partial charge in [0, 0.05) is 55.9 Å². The second-order valence-corrected chi connectivity index (χ2v) is 35.2. The molecule has 0 unspecified atom stereocenters. The molecule has 17 atom stereocenters. The van der Waals surface area contributed by atoms with Gasteiger partial charge in [-0.3, -0.25) is 90.8 Å². The van der Waals surface area contributed by atoms with E-state index in [1.54, 1.807) is 78.1 Å². The lowest BCUT2D eigenvalue weighted by Gasteiger charge is -2.32. The zero-order chi connectivity index (χ0) is 98.7. The van der Waals surface area contributed by atoms with Crippen LogP contribution >= 0.6 is 7.82 Å². The molecule has 132 heavy (non-hydrogen) atoms. The molecule has 3 aromatic rings. The number of aliphatic hydroxyl groups excluding tert-OH is 2. The molecule has 2 saturated heterocycles. The van der Waals surface area contributed by atoms with Crippen LogP contribution in [0, 0.1) is 17.8 Å². The number of nitrogens with zero attached hydrogens (tertiary/aromatic N) is 2. The van der Waals surface area contributed by atoms with E-state index in [2.05, 4.69) is 74.1 Å². The van der Waals surface area contributed by atoms with Crippen molar-refractivity contribution in [2.45, 2.75) is 274 Å². The van der Waals surface area contributed by atoms with E-state index in [9.17, 15) is 131 Å². The molecule has 1 aromatic heterocycles. The summed E-state index contributed by atoms with van der Waals surface area (Å²) in [5.41, 5.74) is 18.4. The number of para-hydroxylation sites is 1. The lowest BCUT2D eigenvalue weighted by atomic mass is 9.99. The number of carbonyl (C=O) groups excluding carboxylic acids is 16. The van der Waals surface area contributed by atoms with Gasteiger partial charge in [-0.1, -0.05) is 90.1 Å². The van der Waals surface area contributed by atoms with Crippen LogP contribution in [0.15, 0.2) is 60.8 Å². The number of fused-ring (bicyclic) bond motifs is 1. The fourth-order valence-corrected chi connectivity index (χ4v) is 15.4. The van der Waals surface area contributed by atoms with Crippen molar-refractivity contribution in [1.82, 2.24) is 83.9 Å². The second kappa shape index (κ2) is 53.4. The number of likely N-dealkylation sites (tertiary alicyclic amines) is 2. The Morgan fingerprint density at radius 1 is 0.470 bits per heavy atom. The Labute approximate surface area is 761 Å². The number of carboxylic acids is 3. The van der Waals surface area contributed by atoms with Crippen LogP contribution in [-0.4, -0.2) is 298 Å². The molecule has 2 aliphatic rings. The number of carbonyl (C=O) groups is 19. The van der Waals surface area contributed by atoms with Gasteiger partial charge in [0.2, 0.25) is 94.5 Å². The van der Waals surface area contributed by atoms with Crippen molar-refractivity contribution in [3.8, 4) is 0 Å². The number of rotatable bonds is 56. The second-order valence-electron chi connectivity index (χ2n) is 34.0. The third kappa shape index (κ3) is 35.9. The number of phosphoric ester groups is 1. The Hall–Kier alpha value is -12.1. The third-order valence-electron chi connectivity index (χ3n) is 21.6.